The van der Waals surface area contributed by atoms with Crippen LogP contribution in [0.25, 0.3) is 11.5 Å². The molecule has 5 nitrogen and oxygen atoms in total. The van der Waals surface area contributed by atoms with Gasteiger partial charge in [-0.3, -0.25) is 0 Å². The first-order valence-corrected chi connectivity index (χ1v) is 5.06. The lowest BCUT2D eigenvalue weighted by Crippen LogP contribution is -1.96. The highest BCUT2D eigenvalue weighted by Crippen LogP contribution is 2.24. The molecule has 0 unspecified atom stereocenters. The van der Waals surface area contributed by atoms with Crippen LogP contribution in [-0.2, 0) is 6.42 Å². The van der Waals surface area contributed by atoms with Crippen LogP contribution >= 0.6 is 23.2 Å². The van der Waals surface area contributed by atoms with Crippen molar-refractivity contribution in [3.63, 3.8) is 0 Å². The van der Waals surface area contributed by atoms with E-state index in [1.165, 1.54) is 6.20 Å². The molecule has 78 valence electrons. The van der Waals surface area contributed by atoms with Gasteiger partial charge in [0.2, 0.25) is 0 Å². The fourth-order valence-corrected chi connectivity index (χ4v) is 1.80. The van der Waals surface area contributed by atoms with E-state index in [4.69, 9.17) is 23.2 Å². The average molecular weight is 244 g/mol. The minimum atomic E-state index is 0.357. The first kappa shape index (κ1) is 10.3. The van der Waals surface area contributed by atoms with Crippen LogP contribution in [0.15, 0.2) is 6.20 Å². The molecule has 0 atom stereocenters. The molecular weight excluding hydrogens is 237 g/mol. The standard InChI is InChI=1S/C8H7Cl2N5/c1-2-4-6(9)12-8(13-7(4)10)5-3-11-15-14-5/h3H,2H2,1H3,(H,11,14,15). The molecule has 0 aliphatic rings. The van der Waals surface area contributed by atoms with E-state index in [9.17, 15) is 0 Å². The SMILES string of the molecule is CCc1c(Cl)nc(-c2cn[nH]n2)nc1Cl. The Balaban J connectivity index is 2.53. The number of aromatic nitrogens is 5. The second kappa shape index (κ2) is 4.12. The Morgan fingerprint density at radius 3 is 2.40 bits per heavy atom. The van der Waals surface area contributed by atoms with Crippen molar-refractivity contribution in [1.82, 2.24) is 25.4 Å². The van der Waals surface area contributed by atoms with Gasteiger partial charge in [0, 0.05) is 5.56 Å². The number of nitrogens with one attached hydrogen (secondary N) is 1. The summed E-state index contributed by atoms with van der Waals surface area (Å²) in [6.07, 6.45) is 2.20. The molecule has 0 fully saturated rings. The molecule has 0 radical (unpaired) electrons. The summed E-state index contributed by atoms with van der Waals surface area (Å²) < 4.78 is 0. The van der Waals surface area contributed by atoms with Gasteiger partial charge in [0.25, 0.3) is 0 Å². The van der Waals surface area contributed by atoms with Gasteiger partial charge in [0.15, 0.2) is 5.82 Å². The van der Waals surface area contributed by atoms with Crippen LogP contribution in [-0.4, -0.2) is 25.4 Å². The zero-order valence-electron chi connectivity index (χ0n) is 7.83. The van der Waals surface area contributed by atoms with E-state index < -0.39 is 0 Å². The molecule has 0 spiro atoms. The van der Waals surface area contributed by atoms with Crippen molar-refractivity contribution < 1.29 is 0 Å². The Bertz CT molecular complexity index is 445. The molecule has 0 amide bonds. The van der Waals surface area contributed by atoms with Crippen molar-refractivity contribution in [3.8, 4) is 11.5 Å². The van der Waals surface area contributed by atoms with Crippen molar-refractivity contribution in [3.05, 3.63) is 22.1 Å². The molecule has 15 heavy (non-hydrogen) atoms. The second-order valence-corrected chi connectivity index (χ2v) is 3.53. The van der Waals surface area contributed by atoms with Crippen LogP contribution < -0.4 is 0 Å². The van der Waals surface area contributed by atoms with Crippen LogP contribution in [0.3, 0.4) is 0 Å². The number of hydrogen-bond donors (Lipinski definition) is 1. The summed E-state index contributed by atoms with van der Waals surface area (Å²) in [6.45, 7) is 1.94. The van der Waals surface area contributed by atoms with Gasteiger partial charge < -0.3 is 0 Å². The molecule has 2 aromatic rings. The first-order valence-electron chi connectivity index (χ1n) is 4.30. The van der Waals surface area contributed by atoms with E-state index in [0.29, 0.717) is 28.2 Å². The Labute approximate surface area is 95.8 Å². The number of rotatable bonds is 2. The molecule has 0 aromatic carbocycles. The quantitative estimate of drug-likeness (QED) is 0.821. The van der Waals surface area contributed by atoms with Crippen LogP contribution in [0.5, 0.6) is 0 Å². The smallest absolute Gasteiger partial charge is 0.184 e. The zero-order valence-corrected chi connectivity index (χ0v) is 9.34. The molecule has 2 heterocycles. The third-order valence-corrected chi connectivity index (χ3v) is 2.53. The molecule has 0 saturated heterocycles. The van der Waals surface area contributed by atoms with Gasteiger partial charge in [-0.2, -0.15) is 15.4 Å². The molecule has 2 aromatic heterocycles. The van der Waals surface area contributed by atoms with Crippen molar-refractivity contribution in [2.45, 2.75) is 13.3 Å². The predicted molar refractivity (Wildman–Crippen MR) is 56.8 cm³/mol. The normalized spacial score (nSPS) is 10.6. The van der Waals surface area contributed by atoms with E-state index in [2.05, 4.69) is 25.4 Å². The minimum absolute atomic E-state index is 0.357. The number of H-pyrrole nitrogens is 1. The van der Waals surface area contributed by atoms with Gasteiger partial charge in [0.05, 0.1) is 6.20 Å². The second-order valence-electron chi connectivity index (χ2n) is 2.82. The molecule has 1 N–H and O–H groups in total. The summed E-state index contributed by atoms with van der Waals surface area (Å²) in [5.74, 6) is 0.371. The Hall–Kier alpha value is -1.20. The van der Waals surface area contributed by atoms with Crippen LogP contribution in [0.2, 0.25) is 10.3 Å². The van der Waals surface area contributed by atoms with E-state index in [1.54, 1.807) is 0 Å². The van der Waals surface area contributed by atoms with Gasteiger partial charge in [0.1, 0.15) is 16.0 Å². The van der Waals surface area contributed by atoms with E-state index in [-0.39, 0.29) is 0 Å². The lowest BCUT2D eigenvalue weighted by molar-refractivity contribution is 0.937. The molecule has 2 rings (SSSR count). The maximum absolute atomic E-state index is 5.96. The highest BCUT2D eigenvalue weighted by molar-refractivity contribution is 6.34. The van der Waals surface area contributed by atoms with Crippen molar-refractivity contribution in [2.24, 2.45) is 0 Å². The Morgan fingerprint density at radius 2 is 1.93 bits per heavy atom. The molecular formula is C8H7Cl2N5. The summed E-state index contributed by atoms with van der Waals surface area (Å²) in [7, 11) is 0. The molecule has 0 bridgehead atoms. The fraction of sp³-hybridized carbons (Fsp3) is 0.250. The third kappa shape index (κ3) is 1.93. The summed E-state index contributed by atoms with van der Waals surface area (Å²) in [5, 5.41) is 10.7. The number of halogens is 2. The molecule has 0 aliphatic carbocycles. The zero-order chi connectivity index (χ0) is 10.8. The topological polar surface area (TPSA) is 67.3 Å². The third-order valence-electron chi connectivity index (χ3n) is 1.90. The largest absolute Gasteiger partial charge is 0.214 e. The first-order chi connectivity index (χ1) is 7.22. The number of aromatic amines is 1. The van der Waals surface area contributed by atoms with Gasteiger partial charge in [-0.15, -0.1) is 0 Å². The van der Waals surface area contributed by atoms with E-state index in [1.807, 2.05) is 6.92 Å². The fourth-order valence-electron chi connectivity index (χ4n) is 1.15. The van der Waals surface area contributed by atoms with Crippen LogP contribution in [0.1, 0.15) is 12.5 Å². The lowest BCUT2D eigenvalue weighted by Gasteiger charge is -2.03. The maximum atomic E-state index is 5.96. The van der Waals surface area contributed by atoms with E-state index in [0.717, 1.165) is 5.56 Å². The summed E-state index contributed by atoms with van der Waals surface area (Å²) in [6, 6.07) is 0. The van der Waals surface area contributed by atoms with Crippen molar-refractivity contribution in [2.75, 3.05) is 0 Å². The van der Waals surface area contributed by atoms with Gasteiger partial charge >= 0.3 is 0 Å². The summed E-state index contributed by atoms with van der Waals surface area (Å²) in [5.41, 5.74) is 1.26. The summed E-state index contributed by atoms with van der Waals surface area (Å²) >= 11 is 11.9. The summed E-state index contributed by atoms with van der Waals surface area (Å²) in [4.78, 5) is 8.19. The average Bonchev–Trinajstić information content (AvgIpc) is 2.69. The van der Waals surface area contributed by atoms with Crippen molar-refractivity contribution >= 4 is 23.2 Å². The lowest BCUT2D eigenvalue weighted by atomic mass is 10.2. The number of nitrogens with zero attached hydrogens (tertiary/aromatic N) is 4. The van der Waals surface area contributed by atoms with Crippen molar-refractivity contribution in [1.29, 1.82) is 0 Å². The molecule has 0 aliphatic heterocycles. The minimum Gasteiger partial charge on any atom is -0.214 e. The highest BCUT2D eigenvalue weighted by atomic mass is 35.5. The molecule has 0 saturated carbocycles. The monoisotopic (exact) mass is 243 g/mol. The van der Waals surface area contributed by atoms with Gasteiger partial charge in [-0.05, 0) is 6.42 Å². The predicted octanol–water partition coefficient (Wildman–Crippen LogP) is 2.13. The Kier molecular flexibility index (Phi) is 2.83. The number of hydrogen-bond acceptors (Lipinski definition) is 4. The van der Waals surface area contributed by atoms with E-state index >= 15 is 0 Å². The van der Waals surface area contributed by atoms with Gasteiger partial charge in [-0.25, -0.2) is 9.97 Å². The van der Waals surface area contributed by atoms with Gasteiger partial charge in [-0.1, -0.05) is 30.1 Å². The Morgan fingerprint density at radius 1 is 1.27 bits per heavy atom. The maximum Gasteiger partial charge on any atom is 0.184 e. The van der Waals surface area contributed by atoms with Crippen LogP contribution in [0.4, 0.5) is 0 Å². The molecule has 7 heteroatoms. The van der Waals surface area contributed by atoms with Crippen LogP contribution in [0, 0.1) is 0 Å². The highest BCUT2D eigenvalue weighted by Gasteiger charge is 2.12.